The van der Waals surface area contributed by atoms with Crippen LogP contribution in [-0.4, -0.2) is 27.0 Å². The normalized spacial score (nSPS) is 17.9. The Hall–Kier alpha value is -0.830. The van der Waals surface area contributed by atoms with Gasteiger partial charge in [-0.25, -0.2) is 4.98 Å². The Labute approximate surface area is 98.5 Å². The highest BCUT2D eigenvalue weighted by atomic mass is 15.2. The molecule has 0 bridgehead atoms. The summed E-state index contributed by atoms with van der Waals surface area (Å²) in [5, 5.41) is 0. The molecule has 1 aromatic rings. The average molecular weight is 221 g/mol. The zero-order valence-corrected chi connectivity index (χ0v) is 11.1. The van der Waals surface area contributed by atoms with E-state index in [1.807, 2.05) is 6.33 Å². The predicted molar refractivity (Wildman–Crippen MR) is 66.5 cm³/mol. The molecule has 90 valence electrons. The van der Waals surface area contributed by atoms with E-state index >= 15 is 0 Å². The van der Waals surface area contributed by atoms with Crippen molar-refractivity contribution in [2.75, 3.05) is 6.54 Å². The molecule has 0 N–H and O–H groups in total. The van der Waals surface area contributed by atoms with Crippen LogP contribution in [-0.2, 0) is 18.5 Å². The van der Waals surface area contributed by atoms with Crippen molar-refractivity contribution in [3.63, 3.8) is 0 Å². The van der Waals surface area contributed by atoms with Crippen molar-refractivity contribution in [3.05, 3.63) is 17.7 Å². The van der Waals surface area contributed by atoms with Gasteiger partial charge in [-0.15, -0.1) is 0 Å². The third-order valence-corrected chi connectivity index (χ3v) is 3.37. The maximum Gasteiger partial charge on any atom is 0.0952 e. The van der Waals surface area contributed by atoms with Gasteiger partial charge in [0.25, 0.3) is 0 Å². The molecule has 0 atom stereocenters. The van der Waals surface area contributed by atoms with E-state index < -0.39 is 0 Å². The molecule has 0 unspecified atom stereocenters. The summed E-state index contributed by atoms with van der Waals surface area (Å²) < 4.78 is 2.32. The molecule has 1 aromatic heterocycles. The first-order valence-corrected chi connectivity index (χ1v) is 6.18. The predicted octanol–water partition coefficient (Wildman–Crippen LogP) is 2.40. The standard InChI is InChI=1S/C13H23N3/c1-10(2)15-6-7-16-9-14-12(11(16)8-15)13(3,4)5/h9-10H,6-8H2,1-5H3. The lowest BCUT2D eigenvalue weighted by atomic mass is 9.90. The molecule has 0 radical (unpaired) electrons. The lowest BCUT2D eigenvalue weighted by molar-refractivity contribution is 0.175. The van der Waals surface area contributed by atoms with Crippen LogP contribution in [0, 0.1) is 0 Å². The zero-order valence-electron chi connectivity index (χ0n) is 11.1. The second-order valence-corrected chi connectivity index (χ2v) is 6.05. The van der Waals surface area contributed by atoms with Crippen LogP contribution in [0.1, 0.15) is 46.0 Å². The molecule has 0 aliphatic carbocycles. The van der Waals surface area contributed by atoms with Gasteiger partial charge >= 0.3 is 0 Å². The third-order valence-electron chi connectivity index (χ3n) is 3.37. The Bertz CT molecular complexity index is 371. The van der Waals surface area contributed by atoms with E-state index in [1.54, 1.807) is 0 Å². The summed E-state index contributed by atoms with van der Waals surface area (Å²) in [6.45, 7) is 14.5. The van der Waals surface area contributed by atoms with Crippen molar-refractivity contribution >= 4 is 0 Å². The molecule has 0 fully saturated rings. The van der Waals surface area contributed by atoms with Gasteiger partial charge in [-0.2, -0.15) is 0 Å². The average Bonchev–Trinajstić information content (AvgIpc) is 2.58. The van der Waals surface area contributed by atoms with Crippen LogP contribution in [0.2, 0.25) is 0 Å². The van der Waals surface area contributed by atoms with Gasteiger partial charge in [-0.3, -0.25) is 4.90 Å². The summed E-state index contributed by atoms with van der Waals surface area (Å²) in [6, 6.07) is 0.622. The molecule has 3 nitrogen and oxygen atoms in total. The number of rotatable bonds is 1. The SMILES string of the molecule is CC(C)N1CCn2cnc(C(C)(C)C)c2C1. The van der Waals surface area contributed by atoms with Crippen molar-refractivity contribution in [1.82, 2.24) is 14.5 Å². The number of hydrogen-bond acceptors (Lipinski definition) is 2. The van der Waals surface area contributed by atoms with Crippen molar-refractivity contribution in [2.45, 2.75) is 59.2 Å². The van der Waals surface area contributed by atoms with E-state index in [9.17, 15) is 0 Å². The Morgan fingerprint density at radius 2 is 1.94 bits per heavy atom. The van der Waals surface area contributed by atoms with E-state index in [0.29, 0.717) is 6.04 Å². The fourth-order valence-corrected chi connectivity index (χ4v) is 2.34. The second kappa shape index (κ2) is 3.88. The first-order valence-electron chi connectivity index (χ1n) is 6.18. The van der Waals surface area contributed by atoms with E-state index in [2.05, 4.69) is 49.1 Å². The van der Waals surface area contributed by atoms with Gasteiger partial charge in [-0.05, 0) is 13.8 Å². The molecule has 0 aromatic carbocycles. The van der Waals surface area contributed by atoms with Crippen LogP contribution in [0.15, 0.2) is 6.33 Å². The number of fused-ring (bicyclic) bond motifs is 1. The number of imidazole rings is 1. The van der Waals surface area contributed by atoms with Gasteiger partial charge in [0.1, 0.15) is 0 Å². The minimum Gasteiger partial charge on any atom is -0.332 e. The Morgan fingerprint density at radius 1 is 1.25 bits per heavy atom. The molecular weight excluding hydrogens is 198 g/mol. The largest absolute Gasteiger partial charge is 0.332 e. The van der Waals surface area contributed by atoms with Gasteiger partial charge in [0.15, 0.2) is 0 Å². The first-order chi connectivity index (χ1) is 7.39. The number of aromatic nitrogens is 2. The summed E-state index contributed by atoms with van der Waals surface area (Å²) in [4.78, 5) is 7.12. The quantitative estimate of drug-likeness (QED) is 0.726. The molecule has 1 aliphatic heterocycles. The fourth-order valence-electron chi connectivity index (χ4n) is 2.34. The molecule has 0 amide bonds. The van der Waals surface area contributed by atoms with E-state index in [1.165, 1.54) is 11.4 Å². The van der Waals surface area contributed by atoms with Gasteiger partial charge < -0.3 is 4.57 Å². The Morgan fingerprint density at radius 3 is 2.50 bits per heavy atom. The lowest BCUT2D eigenvalue weighted by Gasteiger charge is -2.33. The van der Waals surface area contributed by atoms with Crippen LogP contribution in [0.3, 0.4) is 0 Å². The van der Waals surface area contributed by atoms with Crippen LogP contribution < -0.4 is 0 Å². The minimum absolute atomic E-state index is 0.153. The molecule has 3 heteroatoms. The highest BCUT2D eigenvalue weighted by Crippen LogP contribution is 2.27. The highest BCUT2D eigenvalue weighted by molar-refractivity contribution is 5.22. The molecule has 2 rings (SSSR count). The molecule has 0 saturated carbocycles. The van der Waals surface area contributed by atoms with E-state index in [0.717, 1.165) is 19.6 Å². The van der Waals surface area contributed by atoms with Gasteiger partial charge in [0, 0.05) is 31.1 Å². The van der Waals surface area contributed by atoms with Crippen LogP contribution in [0.5, 0.6) is 0 Å². The Kier molecular flexibility index (Phi) is 2.82. The zero-order chi connectivity index (χ0) is 11.9. The molecule has 1 aliphatic rings. The molecule has 2 heterocycles. The molecule has 0 saturated heterocycles. The maximum atomic E-state index is 4.60. The second-order valence-electron chi connectivity index (χ2n) is 6.05. The van der Waals surface area contributed by atoms with Crippen molar-refractivity contribution in [1.29, 1.82) is 0 Å². The highest BCUT2D eigenvalue weighted by Gasteiger charge is 2.27. The van der Waals surface area contributed by atoms with E-state index in [-0.39, 0.29) is 5.41 Å². The van der Waals surface area contributed by atoms with E-state index in [4.69, 9.17) is 0 Å². The smallest absolute Gasteiger partial charge is 0.0952 e. The summed E-state index contributed by atoms with van der Waals surface area (Å²) in [5.41, 5.74) is 2.82. The molecule has 16 heavy (non-hydrogen) atoms. The van der Waals surface area contributed by atoms with Gasteiger partial charge in [-0.1, -0.05) is 20.8 Å². The first kappa shape index (κ1) is 11.6. The number of nitrogens with zero attached hydrogens (tertiary/aromatic N) is 3. The van der Waals surface area contributed by atoms with Crippen LogP contribution in [0.4, 0.5) is 0 Å². The summed E-state index contributed by atoms with van der Waals surface area (Å²) in [7, 11) is 0. The molecule has 0 spiro atoms. The van der Waals surface area contributed by atoms with Crippen molar-refractivity contribution < 1.29 is 0 Å². The fraction of sp³-hybridized carbons (Fsp3) is 0.769. The minimum atomic E-state index is 0.153. The Balaban J connectivity index is 2.32. The third kappa shape index (κ3) is 2.01. The topological polar surface area (TPSA) is 21.1 Å². The summed E-state index contributed by atoms with van der Waals surface area (Å²) >= 11 is 0. The maximum absolute atomic E-state index is 4.60. The summed E-state index contributed by atoms with van der Waals surface area (Å²) in [5.74, 6) is 0. The van der Waals surface area contributed by atoms with Crippen LogP contribution >= 0.6 is 0 Å². The van der Waals surface area contributed by atoms with Gasteiger partial charge in [0.05, 0.1) is 17.7 Å². The summed E-state index contributed by atoms with van der Waals surface area (Å²) in [6.07, 6.45) is 2.01. The number of hydrogen-bond donors (Lipinski definition) is 0. The van der Waals surface area contributed by atoms with Crippen LogP contribution in [0.25, 0.3) is 0 Å². The lowest BCUT2D eigenvalue weighted by Crippen LogP contribution is -2.38. The monoisotopic (exact) mass is 221 g/mol. The molecular formula is C13H23N3. The van der Waals surface area contributed by atoms with Crippen molar-refractivity contribution in [3.8, 4) is 0 Å². The van der Waals surface area contributed by atoms with Gasteiger partial charge in [0.2, 0.25) is 0 Å². The van der Waals surface area contributed by atoms with Crippen molar-refractivity contribution in [2.24, 2.45) is 0 Å².